The molecule has 5 unspecified atom stereocenters. The molecule has 0 spiro atoms. The molecule has 0 amide bonds. The minimum absolute atomic E-state index is 0.0318. The second kappa shape index (κ2) is 11.8. The van der Waals surface area contributed by atoms with Crippen molar-refractivity contribution in [2.24, 2.45) is 5.92 Å². The highest BCUT2D eigenvalue weighted by molar-refractivity contribution is 14.1. The van der Waals surface area contributed by atoms with E-state index in [4.69, 9.17) is 21.1 Å². The van der Waals surface area contributed by atoms with Crippen LogP contribution in [0.4, 0.5) is 0 Å². The number of benzene rings is 3. The van der Waals surface area contributed by atoms with Crippen LogP contribution in [0.1, 0.15) is 65.1 Å². The number of hydrogen-bond acceptors (Lipinski definition) is 4. The molecule has 0 bridgehead atoms. The van der Waals surface area contributed by atoms with E-state index in [1.54, 1.807) is 31.4 Å². The van der Waals surface area contributed by atoms with Gasteiger partial charge in [0, 0.05) is 20.4 Å². The first-order valence-corrected chi connectivity index (χ1v) is 13.7. The number of ketones is 1. The first-order chi connectivity index (χ1) is 17.3. The lowest BCUT2D eigenvalue weighted by molar-refractivity contribution is -0.144. The molecule has 6 heteroatoms. The fourth-order valence-electron chi connectivity index (χ4n) is 5.17. The number of halogens is 2. The average molecular weight is 617 g/mol. The molecule has 3 aromatic carbocycles. The Morgan fingerprint density at radius 2 is 1.69 bits per heavy atom. The van der Waals surface area contributed by atoms with Crippen LogP contribution in [0, 0.1) is 5.92 Å². The smallest absolute Gasteiger partial charge is 0.306 e. The molecule has 0 saturated heterocycles. The summed E-state index contributed by atoms with van der Waals surface area (Å²) in [4.78, 5) is 26.7. The van der Waals surface area contributed by atoms with Crippen molar-refractivity contribution in [3.63, 3.8) is 0 Å². The van der Waals surface area contributed by atoms with Crippen molar-refractivity contribution in [1.29, 1.82) is 0 Å². The Bertz CT molecular complexity index is 1210. The van der Waals surface area contributed by atoms with E-state index in [1.807, 2.05) is 43.3 Å². The third-order valence-electron chi connectivity index (χ3n) is 7.19. The van der Waals surface area contributed by atoms with Gasteiger partial charge in [-0.15, -0.1) is 0 Å². The lowest BCUT2D eigenvalue weighted by Crippen LogP contribution is -2.22. The number of hydrogen-bond donors (Lipinski definition) is 0. The van der Waals surface area contributed by atoms with Gasteiger partial charge in [-0.3, -0.25) is 9.59 Å². The molecule has 0 fully saturated rings. The molecule has 1 aliphatic rings. The van der Waals surface area contributed by atoms with Crippen molar-refractivity contribution in [2.45, 2.75) is 41.9 Å². The number of ether oxygens (including phenoxy) is 2. The topological polar surface area (TPSA) is 52.6 Å². The molecule has 3 aromatic rings. The zero-order valence-corrected chi connectivity index (χ0v) is 23.5. The number of methoxy groups -OCH3 is 1. The maximum absolute atomic E-state index is 13.6. The van der Waals surface area contributed by atoms with E-state index in [-0.39, 0.29) is 41.8 Å². The molecule has 4 rings (SSSR count). The quantitative estimate of drug-likeness (QED) is 0.108. The number of esters is 1. The van der Waals surface area contributed by atoms with Crippen molar-refractivity contribution in [2.75, 3.05) is 13.7 Å². The number of carbonyl (C=O) groups is 2. The van der Waals surface area contributed by atoms with E-state index in [0.717, 1.165) is 16.7 Å². The molecule has 4 nitrogen and oxygen atoms in total. The molecule has 1 aliphatic carbocycles. The molecular weight excluding hydrogens is 587 g/mol. The molecule has 188 valence electrons. The lowest BCUT2D eigenvalue weighted by atomic mass is 9.82. The Balaban J connectivity index is 1.54. The van der Waals surface area contributed by atoms with E-state index < -0.39 is 0 Å². The number of fused-ring (bicyclic) bond motifs is 1. The maximum Gasteiger partial charge on any atom is 0.306 e. The number of alkyl halides is 1. The zero-order valence-electron chi connectivity index (χ0n) is 20.6. The second-order valence-electron chi connectivity index (χ2n) is 9.39. The second-order valence-corrected chi connectivity index (χ2v) is 11.8. The SMILES string of the molecule is COc1ccc2c(c1)C(CC(=O)OCC(c1ccccc1)C(C)I)C(C)C2C(=O)c1ccc(Cl)cc1. The summed E-state index contributed by atoms with van der Waals surface area (Å²) in [7, 11) is 1.62. The van der Waals surface area contributed by atoms with Crippen LogP contribution in [0.5, 0.6) is 5.75 Å². The first-order valence-electron chi connectivity index (χ1n) is 12.1. The molecular formula is C30H30ClIO4. The number of rotatable bonds is 9. The van der Waals surface area contributed by atoms with Crippen LogP contribution >= 0.6 is 34.2 Å². The maximum atomic E-state index is 13.6. The van der Waals surface area contributed by atoms with Crippen molar-refractivity contribution in [3.05, 3.63) is 100 Å². The Kier molecular flexibility index (Phi) is 8.73. The van der Waals surface area contributed by atoms with Gasteiger partial charge in [0.25, 0.3) is 0 Å². The zero-order chi connectivity index (χ0) is 25.8. The molecule has 0 aliphatic heterocycles. The Morgan fingerprint density at radius 3 is 2.33 bits per heavy atom. The molecule has 5 atom stereocenters. The Morgan fingerprint density at radius 1 is 1.00 bits per heavy atom. The molecule has 0 saturated carbocycles. The lowest BCUT2D eigenvalue weighted by Gasteiger charge is -2.22. The van der Waals surface area contributed by atoms with Crippen molar-refractivity contribution < 1.29 is 19.1 Å². The van der Waals surface area contributed by atoms with E-state index >= 15 is 0 Å². The van der Waals surface area contributed by atoms with Crippen LogP contribution in [0.15, 0.2) is 72.8 Å². The fraction of sp³-hybridized carbons (Fsp3) is 0.333. The van der Waals surface area contributed by atoms with Gasteiger partial charge in [0.15, 0.2) is 5.78 Å². The standard InChI is InChI=1S/C30H30ClIO4/c1-18-25(16-28(33)36-17-27(19(2)32)20-7-5-4-6-8-20)26-15-23(35-3)13-14-24(26)29(18)30(34)21-9-11-22(31)12-10-21/h4-15,18-19,25,27,29H,16-17H2,1-3H3. The van der Waals surface area contributed by atoms with Crippen LogP contribution in [-0.4, -0.2) is 29.4 Å². The third kappa shape index (κ3) is 5.78. The third-order valence-corrected chi connectivity index (χ3v) is 8.31. The van der Waals surface area contributed by atoms with E-state index in [2.05, 4.69) is 41.6 Å². The summed E-state index contributed by atoms with van der Waals surface area (Å²) in [5.41, 5.74) is 3.70. The summed E-state index contributed by atoms with van der Waals surface area (Å²) in [5.74, 6) is 0.0382. The number of Topliss-reactive ketones (excluding diaryl/α,β-unsaturated/α-hetero) is 1. The van der Waals surface area contributed by atoms with Crippen LogP contribution in [0.2, 0.25) is 5.02 Å². The first kappa shape index (κ1) is 26.7. The predicted molar refractivity (Wildman–Crippen MR) is 152 cm³/mol. The average Bonchev–Trinajstić information content (AvgIpc) is 3.14. The monoisotopic (exact) mass is 616 g/mol. The predicted octanol–water partition coefficient (Wildman–Crippen LogP) is 7.59. The van der Waals surface area contributed by atoms with Gasteiger partial charge >= 0.3 is 5.97 Å². The van der Waals surface area contributed by atoms with Crippen LogP contribution in [0.25, 0.3) is 0 Å². The summed E-state index contributed by atoms with van der Waals surface area (Å²) in [6.07, 6.45) is 0.211. The van der Waals surface area contributed by atoms with Crippen molar-refractivity contribution >= 4 is 45.9 Å². The highest BCUT2D eigenvalue weighted by Gasteiger charge is 2.43. The minimum atomic E-state index is -0.351. The van der Waals surface area contributed by atoms with Crippen LogP contribution in [0.3, 0.4) is 0 Å². The summed E-state index contributed by atoms with van der Waals surface area (Å²) < 4.78 is 11.6. The van der Waals surface area contributed by atoms with Crippen LogP contribution in [-0.2, 0) is 9.53 Å². The highest BCUT2D eigenvalue weighted by Crippen LogP contribution is 2.50. The van der Waals surface area contributed by atoms with E-state index in [1.165, 1.54) is 0 Å². The molecule has 0 heterocycles. The van der Waals surface area contributed by atoms with Gasteiger partial charge in [-0.2, -0.15) is 0 Å². The van der Waals surface area contributed by atoms with Crippen molar-refractivity contribution in [3.8, 4) is 5.75 Å². The molecule has 0 aromatic heterocycles. The minimum Gasteiger partial charge on any atom is -0.497 e. The highest BCUT2D eigenvalue weighted by atomic mass is 127. The summed E-state index contributed by atoms with van der Waals surface area (Å²) in [5, 5.41) is 0.589. The van der Waals surface area contributed by atoms with E-state index in [9.17, 15) is 9.59 Å². The van der Waals surface area contributed by atoms with E-state index in [0.29, 0.717) is 26.9 Å². The fourth-order valence-corrected chi connectivity index (χ4v) is 5.92. The summed E-state index contributed by atoms with van der Waals surface area (Å²) >= 11 is 8.42. The van der Waals surface area contributed by atoms with Gasteiger partial charge < -0.3 is 9.47 Å². The summed E-state index contributed by atoms with van der Waals surface area (Å²) in [6.45, 7) is 4.50. The van der Waals surface area contributed by atoms with Gasteiger partial charge in [-0.05, 0) is 64.9 Å². The normalized spacial score (nSPS) is 20.3. The van der Waals surface area contributed by atoms with Gasteiger partial charge in [-0.25, -0.2) is 0 Å². The molecule has 36 heavy (non-hydrogen) atoms. The van der Waals surface area contributed by atoms with Gasteiger partial charge in [0.2, 0.25) is 0 Å². The number of carbonyl (C=O) groups excluding carboxylic acids is 2. The van der Waals surface area contributed by atoms with Gasteiger partial charge in [0.1, 0.15) is 5.75 Å². The molecule has 0 radical (unpaired) electrons. The van der Waals surface area contributed by atoms with Crippen molar-refractivity contribution in [1.82, 2.24) is 0 Å². The summed E-state index contributed by atoms with van der Waals surface area (Å²) in [6, 6.07) is 22.9. The van der Waals surface area contributed by atoms with Gasteiger partial charge in [0.05, 0.1) is 26.1 Å². The van der Waals surface area contributed by atoms with Gasteiger partial charge in [-0.1, -0.05) is 84.4 Å². The Hall–Kier alpha value is -2.38. The Labute approximate surface area is 231 Å². The largest absolute Gasteiger partial charge is 0.497 e. The van der Waals surface area contributed by atoms with Crippen LogP contribution < -0.4 is 4.74 Å². The molecule has 0 N–H and O–H groups in total.